The Morgan fingerprint density at radius 3 is 2.17 bits per heavy atom. The molecule has 0 radical (unpaired) electrons. The molecule has 0 unspecified atom stereocenters. The molecular weight excluding hydrogens is 506 g/mol. The van der Waals surface area contributed by atoms with E-state index in [1.807, 2.05) is 55.5 Å². The highest BCUT2D eigenvalue weighted by atomic mass is 16.6. The van der Waals surface area contributed by atoms with Gasteiger partial charge in [0.1, 0.15) is 17.5 Å². The second-order valence-corrected chi connectivity index (χ2v) is 9.84. The molecule has 3 aromatic carbocycles. The highest BCUT2D eigenvalue weighted by Gasteiger charge is 2.52. The SMILES string of the molecule is CCOC(=O)C1(c2ccc(-c3ccc(-c4onc(C)c4NC(=O)O[C@H](C)c4ccc(C#N)cc4)cc3)cc2)CC1. The number of aryl methyl sites for hydroxylation is 1. The lowest BCUT2D eigenvalue weighted by molar-refractivity contribution is -0.146. The van der Waals surface area contributed by atoms with Crippen LogP contribution in [0.2, 0.25) is 0 Å². The molecule has 0 saturated heterocycles. The smallest absolute Gasteiger partial charge is 0.412 e. The first-order valence-corrected chi connectivity index (χ1v) is 13.2. The quantitative estimate of drug-likeness (QED) is 0.239. The van der Waals surface area contributed by atoms with Gasteiger partial charge in [-0.2, -0.15) is 5.26 Å². The van der Waals surface area contributed by atoms with Crippen molar-refractivity contribution in [3.05, 3.63) is 95.2 Å². The Labute approximate surface area is 232 Å². The molecule has 1 heterocycles. The molecule has 0 aliphatic heterocycles. The highest BCUT2D eigenvalue weighted by Crippen LogP contribution is 2.49. The van der Waals surface area contributed by atoms with E-state index < -0.39 is 17.6 Å². The van der Waals surface area contributed by atoms with Gasteiger partial charge in [0.15, 0.2) is 5.76 Å². The number of hydrogen-bond donors (Lipinski definition) is 1. The largest absolute Gasteiger partial charge is 0.465 e. The first kappa shape index (κ1) is 26.7. The molecule has 5 rings (SSSR count). The summed E-state index contributed by atoms with van der Waals surface area (Å²) in [6.07, 6.45) is 0.468. The Bertz CT molecular complexity index is 1560. The number of anilines is 1. The molecule has 4 aromatic rings. The molecule has 8 nitrogen and oxygen atoms in total. The zero-order valence-electron chi connectivity index (χ0n) is 22.6. The number of esters is 1. The second kappa shape index (κ2) is 11.1. The van der Waals surface area contributed by atoms with Gasteiger partial charge in [-0.3, -0.25) is 10.1 Å². The van der Waals surface area contributed by atoms with Crippen LogP contribution in [0.25, 0.3) is 22.5 Å². The molecule has 0 spiro atoms. The Kier molecular flexibility index (Phi) is 7.39. The summed E-state index contributed by atoms with van der Waals surface area (Å²) in [7, 11) is 0. The van der Waals surface area contributed by atoms with Crippen molar-refractivity contribution in [3.8, 4) is 28.5 Å². The first-order chi connectivity index (χ1) is 19.3. The fourth-order valence-electron chi connectivity index (χ4n) is 4.70. The molecule has 1 aliphatic rings. The summed E-state index contributed by atoms with van der Waals surface area (Å²) in [5.41, 5.74) is 5.51. The van der Waals surface area contributed by atoms with Crippen molar-refractivity contribution in [1.82, 2.24) is 5.16 Å². The maximum atomic E-state index is 12.7. The van der Waals surface area contributed by atoms with E-state index >= 15 is 0 Å². The van der Waals surface area contributed by atoms with Gasteiger partial charge in [-0.1, -0.05) is 65.8 Å². The van der Waals surface area contributed by atoms with E-state index in [1.165, 1.54) is 0 Å². The van der Waals surface area contributed by atoms with Crippen LogP contribution >= 0.6 is 0 Å². The molecule has 1 aliphatic carbocycles. The fraction of sp³-hybridized carbons (Fsp3) is 0.250. The van der Waals surface area contributed by atoms with Crippen LogP contribution in [0.15, 0.2) is 77.3 Å². The minimum Gasteiger partial charge on any atom is -0.465 e. The normalized spacial score (nSPS) is 14.1. The lowest BCUT2D eigenvalue weighted by Gasteiger charge is -2.15. The van der Waals surface area contributed by atoms with Crippen molar-refractivity contribution < 1.29 is 23.6 Å². The standard InChI is InChI=1S/C32H29N3O5/c1-4-38-30(36)32(17-18-32)27-15-13-25(14-16-27)24-9-11-26(12-10-24)29-28(20(2)35-40-29)34-31(37)39-21(3)23-7-5-22(19-33)6-8-23/h5-16,21H,4,17-18H2,1-3H3,(H,34,37)/t21-/m1/s1. The first-order valence-electron chi connectivity index (χ1n) is 13.2. The van der Waals surface area contributed by atoms with Gasteiger partial charge in [-0.25, -0.2) is 4.79 Å². The molecular formula is C32H29N3O5. The monoisotopic (exact) mass is 535 g/mol. The van der Waals surface area contributed by atoms with Crippen LogP contribution in [-0.4, -0.2) is 23.8 Å². The number of ether oxygens (including phenoxy) is 2. The number of carbonyl (C=O) groups excluding carboxylic acids is 2. The number of nitriles is 1. The molecule has 0 bridgehead atoms. The third-order valence-corrected chi connectivity index (χ3v) is 7.22. The molecule has 1 fully saturated rings. The minimum absolute atomic E-state index is 0.147. The van der Waals surface area contributed by atoms with Crippen LogP contribution in [-0.2, 0) is 19.7 Å². The van der Waals surface area contributed by atoms with Gasteiger partial charge < -0.3 is 14.0 Å². The summed E-state index contributed by atoms with van der Waals surface area (Å²) in [4.78, 5) is 25.1. The zero-order chi connectivity index (χ0) is 28.3. The van der Waals surface area contributed by atoms with Crippen molar-refractivity contribution in [2.75, 3.05) is 11.9 Å². The summed E-state index contributed by atoms with van der Waals surface area (Å²) in [6, 6.07) is 24.7. The number of nitrogens with zero attached hydrogens (tertiary/aromatic N) is 2. The summed E-state index contributed by atoms with van der Waals surface area (Å²) in [5, 5.41) is 15.8. The van der Waals surface area contributed by atoms with Gasteiger partial charge in [0.25, 0.3) is 0 Å². The second-order valence-electron chi connectivity index (χ2n) is 9.84. The van der Waals surface area contributed by atoms with Crippen molar-refractivity contribution in [2.45, 2.75) is 45.1 Å². The number of aromatic nitrogens is 1. The van der Waals surface area contributed by atoms with E-state index in [2.05, 4.69) is 16.5 Å². The van der Waals surface area contributed by atoms with Gasteiger partial charge in [-0.15, -0.1) is 0 Å². The van der Waals surface area contributed by atoms with E-state index in [0.717, 1.165) is 40.7 Å². The average Bonchev–Trinajstić information content (AvgIpc) is 3.72. The van der Waals surface area contributed by atoms with E-state index in [0.29, 0.717) is 29.3 Å². The van der Waals surface area contributed by atoms with Crippen LogP contribution in [0.3, 0.4) is 0 Å². The van der Waals surface area contributed by atoms with Gasteiger partial charge in [-0.05, 0) is 68.0 Å². The Balaban J connectivity index is 1.27. The maximum Gasteiger partial charge on any atom is 0.412 e. The van der Waals surface area contributed by atoms with Gasteiger partial charge in [0.2, 0.25) is 0 Å². The Hall–Kier alpha value is -4.90. The van der Waals surface area contributed by atoms with Crippen molar-refractivity contribution in [3.63, 3.8) is 0 Å². The van der Waals surface area contributed by atoms with Gasteiger partial charge in [0, 0.05) is 5.56 Å². The van der Waals surface area contributed by atoms with Crippen LogP contribution in [0.4, 0.5) is 10.5 Å². The number of nitrogens with one attached hydrogen (secondary N) is 1. The summed E-state index contributed by atoms with van der Waals surface area (Å²) >= 11 is 0. The third-order valence-electron chi connectivity index (χ3n) is 7.22. The lowest BCUT2D eigenvalue weighted by atomic mass is 9.93. The van der Waals surface area contributed by atoms with Gasteiger partial charge >= 0.3 is 12.1 Å². The topological polar surface area (TPSA) is 114 Å². The molecule has 40 heavy (non-hydrogen) atoms. The third kappa shape index (κ3) is 5.32. The summed E-state index contributed by atoms with van der Waals surface area (Å²) < 4.78 is 16.4. The molecule has 8 heteroatoms. The van der Waals surface area contributed by atoms with Crippen LogP contribution in [0.5, 0.6) is 0 Å². The lowest BCUT2D eigenvalue weighted by Crippen LogP contribution is -2.23. The van der Waals surface area contributed by atoms with Gasteiger partial charge in [0.05, 0.1) is 23.7 Å². The minimum atomic E-state index is -0.641. The van der Waals surface area contributed by atoms with E-state index in [-0.39, 0.29) is 5.97 Å². The molecule has 1 N–H and O–H groups in total. The molecule has 202 valence electrons. The maximum absolute atomic E-state index is 12.7. The molecule has 1 saturated carbocycles. The fourth-order valence-corrected chi connectivity index (χ4v) is 4.70. The van der Waals surface area contributed by atoms with Crippen LogP contribution < -0.4 is 5.32 Å². The number of rotatable bonds is 8. The summed E-state index contributed by atoms with van der Waals surface area (Å²) in [6.45, 7) is 5.71. The van der Waals surface area contributed by atoms with Crippen molar-refractivity contribution in [1.29, 1.82) is 5.26 Å². The van der Waals surface area contributed by atoms with Crippen LogP contribution in [0, 0.1) is 18.3 Å². The highest BCUT2D eigenvalue weighted by molar-refractivity contribution is 5.91. The Morgan fingerprint density at radius 2 is 1.60 bits per heavy atom. The summed E-state index contributed by atoms with van der Waals surface area (Å²) in [5.74, 6) is 0.277. The molecule has 1 atom stereocenters. The molecule has 1 aromatic heterocycles. The Morgan fingerprint density at radius 1 is 1.00 bits per heavy atom. The van der Waals surface area contributed by atoms with E-state index in [9.17, 15) is 9.59 Å². The van der Waals surface area contributed by atoms with Crippen molar-refractivity contribution >= 4 is 17.7 Å². The van der Waals surface area contributed by atoms with Crippen LogP contribution in [0.1, 0.15) is 55.2 Å². The molecule has 1 amide bonds. The number of hydrogen-bond acceptors (Lipinski definition) is 7. The number of carbonyl (C=O) groups is 2. The predicted octanol–water partition coefficient (Wildman–Crippen LogP) is 7.09. The number of amides is 1. The van der Waals surface area contributed by atoms with E-state index in [4.69, 9.17) is 19.3 Å². The van der Waals surface area contributed by atoms with E-state index in [1.54, 1.807) is 38.1 Å². The predicted molar refractivity (Wildman–Crippen MR) is 149 cm³/mol. The average molecular weight is 536 g/mol. The van der Waals surface area contributed by atoms with Crippen molar-refractivity contribution in [2.24, 2.45) is 0 Å². The zero-order valence-corrected chi connectivity index (χ0v) is 22.6. The number of benzene rings is 3.